The van der Waals surface area contributed by atoms with Crippen LogP contribution < -0.4 is 0 Å². The predicted molar refractivity (Wildman–Crippen MR) is 59.3 cm³/mol. The number of hydrogen-bond donors (Lipinski definition) is 0. The molecule has 0 radical (unpaired) electrons. The molecule has 0 fully saturated rings. The van der Waals surface area contributed by atoms with Gasteiger partial charge in [-0.3, -0.25) is 4.98 Å². The number of rotatable bonds is 5. The second-order valence-corrected chi connectivity index (χ2v) is 5.34. The molecule has 0 aromatic carbocycles. The topological polar surface area (TPSA) is 50.3 Å². The van der Waals surface area contributed by atoms with Crippen molar-refractivity contribution in [3.63, 3.8) is 0 Å². The van der Waals surface area contributed by atoms with Gasteiger partial charge in [-0.25, -0.2) is 12.8 Å². The molecular weight excluding hydrogens is 255 g/mol. The van der Waals surface area contributed by atoms with E-state index in [0.29, 0.717) is 0 Å². The van der Waals surface area contributed by atoms with E-state index in [1.807, 2.05) is 0 Å². The molecule has 1 rings (SSSR count). The molecule has 0 aliphatic carbocycles. The second kappa shape index (κ2) is 5.56. The average Bonchev–Trinajstić information content (AvgIpc) is 2.25. The first-order valence-corrected chi connectivity index (χ1v) is 6.66. The fraction of sp³-hybridized carbons (Fsp3) is 0.444. The minimum Gasteiger partial charge on any atom is -0.260 e. The molecule has 0 aliphatic rings. The third-order valence-electron chi connectivity index (χ3n) is 2.00. The van der Waals surface area contributed by atoms with Gasteiger partial charge in [0.05, 0.1) is 6.20 Å². The first kappa shape index (κ1) is 13.3. The van der Waals surface area contributed by atoms with E-state index in [1.54, 1.807) is 6.92 Å². The Bertz CT molecular complexity index is 453. The SMILES string of the molecule is CCN(CCCl)S(=O)(=O)c1cncc(F)c1. The summed E-state index contributed by atoms with van der Waals surface area (Å²) in [6.45, 7) is 2.17. The van der Waals surface area contributed by atoms with Gasteiger partial charge in [0.15, 0.2) is 0 Å². The summed E-state index contributed by atoms with van der Waals surface area (Å²) in [5.74, 6) is -0.487. The van der Waals surface area contributed by atoms with Crippen LogP contribution in [-0.2, 0) is 10.0 Å². The highest BCUT2D eigenvalue weighted by atomic mass is 35.5. The summed E-state index contributed by atoms with van der Waals surface area (Å²) in [4.78, 5) is 3.36. The Morgan fingerprint density at radius 3 is 2.69 bits per heavy atom. The number of pyridine rings is 1. The molecule has 0 amide bonds. The van der Waals surface area contributed by atoms with Crippen LogP contribution in [-0.4, -0.2) is 36.7 Å². The lowest BCUT2D eigenvalue weighted by molar-refractivity contribution is 0.446. The molecule has 4 nitrogen and oxygen atoms in total. The number of nitrogens with zero attached hydrogens (tertiary/aromatic N) is 2. The fourth-order valence-electron chi connectivity index (χ4n) is 1.23. The number of hydrogen-bond acceptors (Lipinski definition) is 3. The molecule has 0 atom stereocenters. The highest BCUT2D eigenvalue weighted by Gasteiger charge is 2.23. The first-order chi connectivity index (χ1) is 7.52. The van der Waals surface area contributed by atoms with Gasteiger partial charge in [-0.2, -0.15) is 4.31 Å². The van der Waals surface area contributed by atoms with E-state index in [9.17, 15) is 12.8 Å². The summed E-state index contributed by atoms with van der Waals surface area (Å²) in [6.07, 6.45) is 2.08. The molecule has 0 bridgehead atoms. The maximum absolute atomic E-state index is 12.9. The number of sulfonamides is 1. The van der Waals surface area contributed by atoms with Gasteiger partial charge in [0.2, 0.25) is 10.0 Å². The second-order valence-electron chi connectivity index (χ2n) is 3.02. The molecule has 0 N–H and O–H groups in total. The zero-order valence-corrected chi connectivity index (χ0v) is 10.3. The third-order valence-corrected chi connectivity index (χ3v) is 4.11. The monoisotopic (exact) mass is 266 g/mol. The lowest BCUT2D eigenvalue weighted by Gasteiger charge is -2.18. The van der Waals surface area contributed by atoms with E-state index in [2.05, 4.69) is 4.98 Å². The number of halogens is 2. The van der Waals surface area contributed by atoms with Crippen LogP contribution in [0.1, 0.15) is 6.92 Å². The lowest BCUT2D eigenvalue weighted by atomic mass is 10.5. The molecule has 1 heterocycles. The van der Waals surface area contributed by atoms with Crippen molar-refractivity contribution in [2.45, 2.75) is 11.8 Å². The molecule has 0 saturated heterocycles. The Kier molecular flexibility index (Phi) is 4.64. The van der Waals surface area contributed by atoms with Crippen molar-refractivity contribution in [2.75, 3.05) is 19.0 Å². The molecule has 90 valence electrons. The van der Waals surface area contributed by atoms with Crippen LogP contribution >= 0.6 is 11.6 Å². The van der Waals surface area contributed by atoms with Crippen LogP contribution in [0.15, 0.2) is 23.4 Å². The molecule has 0 aliphatic heterocycles. The van der Waals surface area contributed by atoms with Crippen molar-refractivity contribution in [2.24, 2.45) is 0 Å². The molecule has 0 unspecified atom stereocenters. The van der Waals surface area contributed by atoms with Crippen molar-refractivity contribution in [1.29, 1.82) is 0 Å². The zero-order valence-electron chi connectivity index (χ0n) is 8.73. The van der Waals surface area contributed by atoms with Crippen molar-refractivity contribution < 1.29 is 12.8 Å². The van der Waals surface area contributed by atoms with Crippen LogP contribution in [0.4, 0.5) is 4.39 Å². The van der Waals surface area contributed by atoms with Crippen molar-refractivity contribution >= 4 is 21.6 Å². The molecule has 0 saturated carbocycles. The fourth-order valence-corrected chi connectivity index (χ4v) is 2.95. The first-order valence-electron chi connectivity index (χ1n) is 4.69. The minimum atomic E-state index is -3.69. The Morgan fingerprint density at radius 2 is 2.19 bits per heavy atom. The van der Waals surface area contributed by atoms with Gasteiger partial charge in [0, 0.05) is 25.2 Å². The van der Waals surface area contributed by atoms with Crippen LogP contribution in [0, 0.1) is 5.82 Å². The van der Waals surface area contributed by atoms with Gasteiger partial charge in [-0.1, -0.05) is 6.92 Å². The maximum Gasteiger partial charge on any atom is 0.244 e. The Balaban J connectivity index is 3.09. The maximum atomic E-state index is 12.9. The molecular formula is C9H12ClFN2O2S. The predicted octanol–water partition coefficient (Wildman–Crippen LogP) is 1.47. The Morgan fingerprint density at radius 1 is 1.50 bits per heavy atom. The summed E-state index contributed by atoms with van der Waals surface area (Å²) < 4.78 is 38.0. The van der Waals surface area contributed by atoms with E-state index >= 15 is 0 Å². The molecule has 7 heteroatoms. The molecule has 0 spiro atoms. The highest BCUT2D eigenvalue weighted by molar-refractivity contribution is 7.89. The summed E-state index contributed by atoms with van der Waals surface area (Å²) in [5, 5.41) is 0. The van der Waals surface area contributed by atoms with Crippen molar-refractivity contribution in [1.82, 2.24) is 9.29 Å². The van der Waals surface area contributed by atoms with E-state index in [-0.39, 0.29) is 23.9 Å². The summed E-state index contributed by atoms with van der Waals surface area (Å²) >= 11 is 5.50. The van der Waals surface area contributed by atoms with Crippen LogP contribution in [0.2, 0.25) is 0 Å². The normalized spacial score (nSPS) is 12.0. The Labute approximate surface area is 99.1 Å². The molecule has 16 heavy (non-hydrogen) atoms. The largest absolute Gasteiger partial charge is 0.260 e. The van der Waals surface area contributed by atoms with Gasteiger partial charge in [-0.15, -0.1) is 11.6 Å². The third kappa shape index (κ3) is 2.90. The van der Waals surface area contributed by atoms with Crippen LogP contribution in [0.3, 0.4) is 0 Å². The Hall–Kier alpha value is -0.720. The summed E-state index contributed by atoms with van der Waals surface area (Å²) in [6, 6.07) is 0.944. The number of alkyl halides is 1. The van der Waals surface area contributed by atoms with Gasteiger partial charge in [0.25, 0.3) is 0 Å². The summed E-state index contributed by atoms with van der Waals surface area (Å²) in [7, 11) is -3.69. The van der Waals surface area contributed by atoms with Crippen molar-refractivity contribution in [3.8, 4) is 0 Å². The van der Waals surface area contributed by atoms with Crippen molar-refractivity contribution in [3.05, 3.63) is 24.3 Å². The highest BCUT2D eigenvalue weighted by Crippen LogP contribution is 2.15. The van der Waals surface area contributed by atoms with Crippen LogP contribution in [0.5, 0.6) is 0 Å². The molecule has 1 aromatic heterocycles. The lowest BCUT2D eigenvalue weighted by Crippen LogP contribution is -2.32. The number of aromatic nitrogens is 1. The van der Waals surface area contributed by atoms with E-state index in [0.717, 1.165) is 18.5 Å². The van der Waals surface area contributed by atoms with Gasteiger partial charge < -0.3 is 0 Å². The molecule has 1 aromatic rings. The van der Waals surface area contributed by atoms with E-state index in [1.165, 1.54) is 4.31 Å². The van der Waals surface area contributed by atoms with Gasteiger partial charge >= 0.3 is 0 Å². The smallest absolute Gasteiger partial charge is 0.244 e. The minimum absolute atomic E-state index is 0.153. The van der Waals surface area contributed by atoms with E-state index in [4.69, 9.17) is 11.6 Å². The average molecular weight is 267 g/mol. The van der Waals surface area contributed by atoms with E-state index < -0.39 is 15.8 Å². The van der Waals surface area contributed by atoms with Crippen LogP contribution in [0.25, 0.3) is 0 Å². The quantitative estimate of drug-likeness (QED) is 0.759. The van der Waals surface area contributed by atoms with Gasteiger partial charge in [-0.05, 0) is 6.07 Å². The zero-order chi connectivity index (χ0) is 12.2. The standard InChI is InChI=1S/C9H12ClFN2O2S/c1-2-13(4-3-10)16(14,15)9-5-8(11)6-12-7-9/h5-7H,2-4H2,1H3. The van der Waals surface area contributed by atoms with Gasteiger partial charge in [0.1, 0.15) is 10.7 Å². The summed E-state index contributed by atoms with van der Waals surface area (Å²) in [5.41, 5.74) is 0.